The first-order valence-electron chi connectivity index (χ1n) is 7.85. The summed E-state index contributed by atoms with van der Waals surface area (Å²) in [6.45, 7) is 2.21. The molecule has 1 aromatic carbocycles. The molecule has 2 aromatic heterocycles. The molecule has 0 atom stereocenters. The highest BCUT2D eigenvalue weighted by atomic mass is 16.6. The monoisotopic (exact) mass is 323 g/mol. The van der Waals surface area contributed by atoms with Gasteiger partial charge in [0.2, 0.25) is 0 Å². The van der Waals surface area contributed by atoms with E-state index >= 15 is 0 Å². The second-order valence-electron chi connectivity index (χ2n) is 5.67. The van der Waals surface area contributed by atoms with Crippen LogP contribution in [0, 0.1) is 0 Å². The predicted molar refractivity (Wildman–Crippen MR) is 90.3 cm³/mol. The first kappa shape index (κ1) is 14.7. The number of aromatic amines is 1. The van der Waals surface area contributed by atoms with E-state index in [1.807, 2.05) is 30.3 Å². The highest BCUT2D eigenvalue weighted by Crippen LogP contribution is 2.33. The van der Waals surface area contributed by atoms with E-state index in [0.29, 0.717) is 37.6 Å². The van der Waals surface area contributed by atoms with Gasteiger partial charge in [-0.15, -0.1) is 0 Å². The number of aromatic nitrogens is 2. The van der Waals surface area contributed by atoms with Crippen LogP contribution in [0.25, 0.3) is 10.9 Å². The van der Waals surface area contributed by atoms with Gasteiger partial charge in [-0.2, -0.15) is 0 Å². The van der Waals surface area contributed by atoms with Crippen LogP contribution in [0.15, 0.2) is 47.5 Å². The van der Waals surface area contributed by atoms with Gasteiger partial charge in [-0.25, -0.2) is 0 Å². The summed E-state index contributed by atoms with van der Waals surface area (Å²) in [6, 6.07) is 9.50. The van der Waals surface area contributed by atoms with E-state index in [9.17, 15) is 4.79 Å². The number of ether oxygens (including phenoxy) is 2. The Hall–Kier alpha value is -2.86. The van der Waals surface area contributed by atoms with Crippen molar-refractivity contribution in [1.82, 2.24) is 15.3 Å². The van der Waals surface area contributed by atoms with E-state index in [4.69, 9.17) is 9.47 Å². The molecule has 24 heavy (non-hydrogen) atoms. The van der Waals surface area contributed by atoms with Crippen molar-refractivity contribution in [1.29, 1.82) is 0 Å². The molecule has 0 spiro atoms. The molecule has 6 nitrogen and oxygen atoms in total. The van der Waals surface area contributed by atoms with Crippen LogP contribution in [0.4, 0.5) is 0 Å². The van der Waals surface area contributed by atoms with Crippen LogP contribution in [-0.4, -0.2) is 23.2 Å². The maximum Gasteiger partial charge on any atom is 0.252 e. The summed E-state index contributed by atoms with van der Waals surface area (Å²) in [6.07, 6.45) is 3.55. The second kappa shape index (κ2) is 6.33. The second-order valence-corrected chi connectivity index (χ2v) is 5.67. The Morgan fingerprint density at radius 3 is 2.75 bits per heavy atom. The Balaban J connectivity index is 1.56. The van der Waals surface area contributed by atoms with Crippen molar-refractivity contribution >= 4 is 10.9 Å². The van der Waals surface area contributed by atoms with Crippen molar-refractivity contribution in [3.05, 3.63) is 64.2 Å². The highest BCUT2D eigenvalue weighted by Gasteiger charge is 2.14. The molecule has 3 aromatic rings. The molecular weight excluding hydrogens is 306 g/mol. The molecule has 0 unspecified atom stereocenters. The number of benzene rings is 1. The maximum absolute atomic E-state index is 12.3. The Morgan fingerprint density at radius 1 is 1.12 bits per heavy atom. The summed E-state index contributed by atoms with van der Waals surface area (Å²) in [5.41, 5.74) is 2.41. The van der Waals surface area contributed by atoms with Gasteiger partial charge < -0.3 is 19.8 Å². The van der Waals surface area contributed by atoms with Crippen molar-refractivity contribution in [2.24, 2.45) is 0 Å². The van der Waals surface area contributed by atoms with E-state index in [2.05, 4.69) is 15.3 Å². The molecule has 6 heteroatoms. The molecule has 3 heterocycles. The molecule has 2 N–H and O–H groups in total. The van der Waals surface area contributed by atoms with Gasteiger partial charge in [0, 0.05) is 42.5 Å². The average molecular weight is 323 g/mol. The fourth-order valence-corrected chi connectivity index (χ4v) is 2.76. The van der Waals surface area contributed by atoms with Gasteiger partial charge >= 0.3 is 0 Å². The lowest BCUT2D eigenvalue weighted by molar-refractivity contribution is 0.172. The molecule has 0 radical (unpaired) electrons. The fraction of sp³-hybridized carbons (Fsp3) is 0.222. The van der Waals surface area contributed by atoms with Crippen LogP contribution in [0.5, 0.6) is 11.5 Å². The molecule has 0 bridgehead atoms. The van der Waals surface area contributed by atoms with Crippen molar-refractivity contribution < 1.29 is 9.47 Å². The standard InChI is InChI=1S/C18H17N3O3/c22-18-14(11-20-10-12-2-1-3-19-9-12)6-13-7-16-17(8-15(13)21-18)24-5-4-23-16/h1-3,6-9,20H,4-5,10-11H2,(H,21,22). The Kier molecular flexibility index (Phi) is 3.88. The summed E-state index contributed by atoms with van der Waals surface area (Å²) >= 11 is 0. The molecule has 0 fully saturated rings. The normalized spacial score (nSPS) is 13.2. The Bertz CT molecular complexity index is 922. The lowest BCUT2D eigenvalue weighted by atomic mass is 10.1. The van der Waals surface area contributed by atoms with Crippen LogP contribution in [0.2, 0.25) is 0 Å². The minimum atomic E-state index is -0.0992. The number of nitrogens with zero attached hydrogens (tertiary/aromatic N) is 1. The SMILES string of the molecule is O=c1[nH]c2cc3c(cc2cc1CNCc1cccnc1)OCCO3. The smallest absolute Gasteiger partial charge is 0.252 e. The summed E-state index contributed by atoms with van der Waals surface area (Å²) in [4.78, 5) is 19.3. The first-order chi connectivity index (χ1) is 11.8. The van der Waals surface area contributed by atoms with Crippen LogP contribution in [0.1, 0.15) is 11.1 Å². The molecule has 0 aliphatic carbocycles. The third kappa shape index (κ3) is 2.96. The zero-order chi connectivity index (χ0) is 16.4. The minimum absolute atomic E-state index is 0.0992. The summed E-state index contributed by atoms with van der Waals surface area (Å²) < 4.78 is 11.2. The molecule has 0 saturated carbocycles. The third-order valence-corrected chi connectivity index (χ3v) is 3.95. The number of pyridine rings is 2. The van der Waals surface area contributed by atoms with Crippen molar-refractivity contribution in [3.63, 3.8) is 0 Å². The zero-order valence-corrected chi connectivity index (χ0v) is 13.0. The fourth-order valence-electron chi connectivity index (χ4n) is 2.76. The molecule has 1 aliphatic heterocycles. The van der Waals surface area contributed by atoms with Gasteiger partial charge in [0.1, 0.15) is 13.2 Å². The Morgan fingerprint density at radius 2 is 1.96 bits per heavy atom. The van der Waals surface area contributed by atoms with E-state index in [-0.39, 0.29) is 5.56 Å². The van der Waals surface area contributed by atoms with Gasteiger partial charge in [0.25, 0.3) is 5.56 Å². The average Bonchev–Trinajstić information content (AvgIpc) is 2.61. The minimum Gasteiger partial charge on any atom is -0.486 e. The topological polar surface area (TPSA) is 76.2 Å². The summed E-state index contributed by atoms with van der Waals surface area (Å²) in [5.74, 6) is 1.39. The largest absolute Gasteiger partial charge is 0.486 e. The van der Waals surface area contributed by atoms with Gasteiger partial charge in [0.15, 0.2) is 11.5 Å². The van der Waals surface area contributed by atoms with Gasteiger partial charge in [-0.1, -0.05) is 6.07 Å². The molecule has 0 amide bonds. The van der Waals surface area contributed by atoms with Gasteiger partial charge in [0.05, 0.1) is 5.52 Å². The van der Waals surface area contributed by atoms with Gasteiger partial charge in [-0.3, -0.25) is 9.78 Å². The maximum atomic E-state index is 12.3. The van der Waals surface area contributed by atoms with Crippen LogP contribution in [-0.2, 0) is 13.1 Å². The van der Waals surface area contributed by atoms with Crippen molar-refractivity contribution in [3.8, 4) is 11.5 Å². The van der Waals surface area contributed by atoms with Gasteiger partial charge in [-0.05, 0) is 23.8 Å². The number of fused-ring (bicyclic) bond motifs is 2. The number of H-pyrrole nitrogens is 1. The van der Waals surface area contributed by atoms with Crippen LogP contribution >= 0.6 is 0 Å². The van der Waals surface area contributed by atoms with Crippen molar-refractivity contribution in [2.45, 2.75) is 13.1 Å². The molecular formula is C18H17N3O3. The summed E-state index contributed by atoms with van der Waals surface area (Å²) in [7, 11) is 0. The van der Waals surface area contributed by atoms with E-state index < -0.39 is 0 Å². The number of hydrogen-bond donors (Lipinski definition) is 2. The Labute approximate surface area is 138 Å². The quantitative estimate of drug-likeness (QED) is 0.768. The molecule has 122 valence electrons. The number of rotatable bonds is 4. The van der Waals surface area contributed by atoms with E-state index in [1.165, 1.54) is 0 Å². The number of nitrogens with one attached hydrogen (secondary N) is 2. The molecule has 1 aliphatic rings. The molecule has 4 rings (SSSR count). The lowest BCUT2D eigenvalue weighted by Gasteiger charge is -2.18. The van der Waals surface area contributed by atoms with E-state index in [0.717, 1.165) is 22.2 Å². The third-order valence-electron chi connectivity index (χ3n) is 3.95. The zero-order valence-electron chi connectivity index (χ0n) is 13.0. The predicted octanol–water partition coefficient (Wildman–Crippen LogP) is 1.98. The number of hydrogen-bond acceptors (Lipinski definition) is 5. The van der Waals surface area contributed by atoms with Crippen molar-refractivity contribution in [2.75, 3.05) is 13.2 Å². The van der Waals surface area contributed by atoms with Crippen LogP contribution < -0.4 is 20.3 Å². The van der Waals surface area contributed by atoms with Crippen LogP contribution in [0.3, 0.4) is 0 Å². The first-order valence-corrected chi connectivity index (χ1v) is 7.85. The summed E-state index contributed by atoms with van der Waals surface area (Å²) in [5, 5.41) is 4.20. The van der Waals surface area contributed by atoms with E-state index in [1.54, 1.807) is 12.4 Å². The highest BCUT2D eigenvalue weighted by molar-refractivity contribution is 5.83. The lowest BCUT2D eigenvalue weighted by Crippen LogP contribution is -2.21. The molecule has 0 saturated heterocycles.